The minimum absolute atomic E-state index is 0.351. The number of rotatable bonds is 2. The van der Waals surface area contributed by atoms with Crippen molar-refractivity contribution in [1.29, 1.82) is 0 Å². The zero-order valence-electron chi connectivity index (χ0n) is 7.16. The topological polar surface area (TPSA) is 26.3 Å². The second-order valence-electron chi connectivity index (χ2n) is 2.38. The fourth-order valence-corrected chi connectivity index (χ4v) is 1.25. The number of benzene rings is 1. The molecule has 13 heavy (non-hydrogen) atoms. The van der Waals surface area contributed by atoms with Gasteiger partial charge in [0.1, 0.15) is 0 Å². The summed E-state index contributed by atoms with van der Waals surface area (Å²) >= 11 is 3.36. The van der Waals surface area contributed by atoms with Crippen molar-refractivity contribution in [3.05, 3.63) is 40.4 Å². The molecule has 0 bridgehead atoms. The van der Waals surface area contributed by atoms with Crippen LogP contribution in [-0.4, -0.2) is 13.1 Å². The third-order valence-electron chi connectivity index (χ3n) is 1.51. The standard InChI is InChI=1S/C10H9BrO2/c1-13-10(12)7-6-8-4-2-3-5-9(8)11/h2-7H,1H3/b7-6-. The fraction of sp³-hybridized carbons (Fsp3) is 0.100. The molecule has 1 aromatic rings. The number of carbonyl (C=O) groups is 1. The molecule has 0 heterocycles. The van der Waals surface area contributed by atoms with E-state index in [2.05, 4.69) is 20.7 Å². The van der Waals surface area contributed by atoms with Gasteiger partial charge in [0.2, 0.25) is 0 Å². The molecule has 1 aromatic carbocycles. The highest BCUT2D eigenvalue weighted by atomic mass is 79.9. The van der Waals surface area contributed by atoms with E-state index < -0.39 is 0 Å². The quantitative estimate of drug-likeness (QED) is 0.587. The van der Waals surface area contributed by atoms with Gasteiger partial charge >= 0.3 is 5.97 Å². The Bertz CT molecular complexity index is 331. The minimum Gasteiger partial charge on any atom is -0.466 e. The van der Waals surface area contributed by atoms with Crippen molar-refractivity contribution in [2.45, 2.75) is 0 Å². The van der Waals surface area contributed by atoms with E-state index in [1.165, 1.54) is 13.2 Å². The van der Waals surface area contributed by atoms with E-state index in [0.29, 0.717) is 0 Å². The molecule has 0 aliphatic heterocycles. The smallest absolute Gasteiger partial charge is 0.330 e. The molecule has 0 amide bonds. The lowest BCUT2D eigenvalue weighted by Crippen LogP contribution is -1.93. The van der Waals surface area contributed by atoms with Gasteiger partial charge in [-0.25, -0.2) is 4.79 Å². The van der Waals surface area contributed by atoms with Gasteiger partial charge in [0.25, 0.3) is 0 Å². The highest BCUT2D eigenvalue weighted by Crippen LogP contribution is 2.16. The maximum atomic E-state index is 10.8. The zero-order chi connectivity index (χ0) is 9.68. The van der Waals surface area contributed by atoms with Crippen LogP contribution in [0.5, 0.6) is 0 Å². The van der Waals surface area contributed by atoms with Gasteiger partial charge in [0.15, 0.2) is 0 Å². The van der Waals surface area contributed by atoms with Crippen LogP contribution in [0.1, 0.15) is 5.56 Å². The third-order valence-corrected chi connectivity index (χ3v) is 2.23. The predicted molar refractivity (Wildman–Crippen MR) is 55.2 cm³/mol. The Labute approximate surface area is 85.3 Å². The molecule has 68 valence electrons. The predicted octanol–water partition coefficient (Wildman–Crippen LogP) is 2.64. The van der Waals surface area contributed by atoms with E-state index in [-0.39, 0.29) is 5.97 Å². The Balaban J connectivity index is 2.80. The van der Waals surface area contributed by atoms with E-state index in [4.69, 9.17) is 0 Å². The fourth-order valence-electron chi connectivity index (χ4n) is 0.836. The second kappa shape index (κ2) is 4.82. The van der Waals surface area contributed by atoms with E-state index in [0.717, 1.165) is 10.0 Å². The van der Waals surface area contributed by atoms with Crippen molar-refractivity contribution >= 4 is 28.0 Å². The molecule has 0 fully saturated rings. The summed E-state index contributed by atoms with van der Waals surface area (Å²) in [5.41, 5.74) is 0.952. The summed E-state index contributed by atoms with van der Waals surface area (Å²) in [5.74, 6) is -0.351. The molecule has 2 nitrogen and oxygen atoms in total. The Hall–Kier alpha value is -1.09. The number of methoxy groups -OCH3 is 1. The monoisotopic (exact) mass is 240 g/mol. The van der Waals surface area contributed by atoms with Crippen molar-refractivity contribution in [1.82, 2.24) is 0 Å². The number of ether oxygens (including phenoxy) is 1. The maximum Gasteiger partial charge on any atom is 0.330 e. The molecule has 0 radical (unpaired) electrons. The SMILES string of the molecule is COC(=O)/C=C\c1ccccc1Br. The summed E-state index contributed by atoms with van der Waals surface area (Å²) < 4.78 is 5.42. The van der Waals surface area contributed by atoms with Crippen molar-refractivity contribution in [3.8, 4) is 0 Å². The molecule has 0 saturated carbocycles. The largest absolute Gasteiger partial charge is 0.466 e. The van der Waals surface area contributed by atoms with Crippen LogP contribution in [-0.2, 0) is 9.53 Å². The lowest BCUT2D eigenvalue weighted by molar-refractivity contribution is -0.134. The summed E-state index contributed by atoms with van der Waals surface area (Å²) in [5, 5.41) is 0. The highest BCUT2D eigenvalue weighted by Gasteiger charge is 1.95. The van der Waals surface area contributed by atoms with Gasteiger partial charge < -0.3 is 4.74 Å². The van der Waals surface area contributed by atoms with E-state index in [9.17, 15) is 4.79 Å². The first-order chi connectivity index (χ1) is 6.24. The van der Waals surface area contributed by atoms with Crippen LogP contribution in [0.4, 0.5) is 0 Å². The first kappa shape index (κ1) is 9.99. The van der Waals surface area contributed by atoms with Gasteiger partial charge in [0.05, 0.1) is 7.11 Å². The van der Waals surface area contributed by atoms with Crippen molar-refractivity contribution in [3.63, 3.8) is 0 Å². The number of esters is 1. The number of hydrogen-bond acceptors (Lipinski definition) is 2. The summed E-state index contributed by atoms with van der Waals surface area (Å²) in [4.78, 5) is 10.8. The van der Waals surface area contributed by atoms with Crippen LogP contribution in [0, 0.1) is 0 Å². The minimum atomic E-state index is -0.351. The normalized spacial score (nSPS) is 10.3. The Kier molecular flexibility index (Phi) is 3.71. The van der Waals surface area contributed by atoms with Crippen LogP contribution >= 0.6 is 15.9 Å². The van der Waals surface area contributed by atoms with Gasteiger partial charge in [-0.1, -0.05) is 34.1 Å². The van der Waals surface area contributed by atoms with E-state index in [1.54, 1.807) is 6.08 Å². The first-order valence-electron chi connectivity index (χ1n) is 3.74. The van der Waals surface area contributed by atoms with E-state index in [1.807, 2.05) is 24.3 Å². The Morgan fingerprint density at radius 3 is 2.77 bits per heavy atom. The molecular formula is C10H9BrO2. The molecule has 0 N–H and O–H groups in total. The third kappa shape index (κ3) is 3.03. The Morgan fingerprint density at radius 1 is 1.46 bits per heavy atom. The molecule has 0 unspecified atom stereocenters. The highest BCUT2D eigenvalue weighted by molar-refractivity contribution is 9.10. The van der Waals surface area contributed by atoms with Crippen LogP contribution in [0.15, 0.2) is 34.8 Å². The van der Waals surface area contributed by atoms with Crippen LogP contribution in [0.2, 0.25) is 0 Å². The molecule has 0 atom stereocenters. The van der Waals surface area contributed by atoms with Crippen molar-refractivity contribution in [2.75, 3.05) is 7.11 Å². The molecule has 0 aliphatic carbocycles. The van der Waals surface area contributed by atoms with Crippen molar-refractivity contribution in [2.24, 2.45) is 0 Å². The lowest BCUT2D eigenvalue weighted by atomic mass is 10.2. The van der Waals surface area contributed by atoms with Crippen LogP contribution < -0.4 is 0 Å². The lowest BCUT2D eigenvalue weighted by Gasteiger charge is -1.95. The van der Waals surface area contributed by atoms with Gasteiger partial charge in [0, 0.05) is 10.5 Å². The van der Waals surface area contributed by atoms with Crippen LogP contribution in [0.3, 0.4) is 0 Å². The van der Waals surface area contributed by atoms with E-state index >= 15 is 0 Å². The number of carbonyl (C=O) groups excluding carboxylic acids is 1. The average Bonchev–Trinajstić information content (AvgIpc) is 2.16. The molecule has 0 aliphatic rings. The number of hydrogen-bond donors (Lipinski definition) is 0. The van der Waals surface area contributed by atoms with Crippen LogP contribution in [0.25, 0.3) is 6.08 Å². The summed E-state index contributed by atoms with van der Waals surface area (Å²) in [7, 11) is 1.35. The Morgan fingerprint density at radius 2 is 2.15 bits per heavy atom. The molecular weight excluding hydrogens is 232 g/mol. The maximum absolute atomic E-state index is 10.8. The molecule has 1 rings (SSSR count). The van der Waals surface area contributed by atoms with Gasteiger partial charge in [-0.05, 0) is 17.7 Å². The summed E-state index contributed by atoms with van der Waals surface area (Å²) in [6.07, 6.45) is 3.09. The van der Waals surface area contributed by atoms with Gasteiger partial charge in [-0.2, -0.15) is 0 Å². The molecule has 0 aromatic heterocycles. The molecule has 0 saturated heterocycles. The second-order valence-corrected chi connectivity index (χ2v) is 3.23. The zero-order valence-corrected chi connectivity index (χ0v) is 8.74. The van der Waals surface area contributed by atoms with Gasteiger partial charge in [-0.15, -0.1) is 0 Å². The first-order valence-corrected chi connectivity index (χ1v) is 4.54. The number of halogens is 1. The summed E-state index contributed by atoms with van der Waals surface area (Å²) in [6.45, 7) is 0. The molecule has 0 spiro atoms. The molecule has 3 heteroatoms. The van der Waals surface area contributed by atoms with Gasteiger partial charge in [-0.3, -0.25) is 0 Å². The average molecular weight is 241 g/mol. The van der Waals surface area contributed by atoms with Crippen molar-refractivity contribution < 1.29 is 9.53 Å². The summed E-state index contributed by atoms with van der Waals surface area (Å²) in [6, 6.07) is 7.64.